The van der Waals surface area contributed by atoms with Crippen LogP contribution in [-0.2, 0) is 4.74 Å². The van der Waals surface area contributed by atoms with Crippen molar-refractivity contribution in [2.75, 3.05) is 25.2 Å². The third-order valence-corrected chi connectivity index (χ3v) is 2.50. The van der Waals surface area contributed by atoms with E-state index in [4.69, 9.17) is 4.74 Å². The summed E-state index contributed by atoms with van der Waals surface area (Å²) in [5.74, 6) is 0.726. The molecule has 88 valence electrons. The normalized spacial score (nSPS) is 12.2. The van der Waals surface area contributed by atoms with Crippen molar-refractivity contribution < 1.29 is 9.53 Å². The summed E-state index contributed by atoms with van der Waals surface area (Å²) in [4.78, 5) is 17.3. The van der Waals surface area contributed by atoms with Gasteiger partial charge in [-0.15, -0.1) is 0 Å². The van der Waals surface area contributed by atoms with Gasteiger partial charge in [-0.05, 0) is 26.0 Å². The standard InChI is InChI=1S/C12H18N2O2/c1-4-14(10(2)9-16-3)12-11(8-15)6-5-7-13-12/h5-8,10H,4,9H2,1-3H3. The van der Waals surface area contributed by atoms with Gasteiger partial charge in [0.15, 0.2) is 6.29 Å². The Kier molecular flexibility index (Phi) is 4.92. The molecule has 4 nitrogen and oxygen atoms in total. The average Bonchev–Trinajstić information content (AvgIpc) is 2.31. The fourth-order valence-corrected chi connectivity index (χ4v) is 1.74. The maximum Gasteiger partial charge on any atom is 0.153 e. The quantitative estimate of drug-likeness (QED) is 0.688. The number of aromatic nitrogens is 1. The Labute approximate surface area is 96.2 Å². The summed E-state index contributed by atoms with van der Waals surface area (Å²) in [7, 11) is 1.67. The molecule has 1 heterocycles. The van der Waals surface area contributed by atoms with Gasteiger partial charge >= 0.3 is 0 Å². The van der Waals surface area contributed by atoms with E-state index in [9.17, 15) is 4.79 Å². The van der Waals surface area contributed by atoms with Crippen molar-refractivity contribution in [2.45, 2.75) is 19.9 Å². The van der Waals surface area contributed by atoms with E-state index in [0.717, 1.165) is 18.6 Å². The first-order valence-electron chi connectivity index (χ1n) is 5.40. The zero-order chi connectivity index (χ0) is 12.0. The van der Waals surface area contributed by atoms with Gasteiger partial charge in [-0.25, -0.2) is 4.98 Å². The molecular formula is C12H18N2O2. The molecule has 1 unspecified atom stereocenters. The van der Waals surface area contributed by atoms with Gasteiger partial charge in [0.25, 0.3) is 0 Å². The van der Waals surface area contributed by atoms with Crippen LogP contribution in [0.5, 0.6) is 0 Å². The second-order valence-corrected chi connectivity index (χ2v) is 3.62. The maximum absolute atomic E-state index is 10.9. The molecule has 0 saturated carbocycles. The molecule has 1 rings (SSSR count). The fourth-order valence-electron chi connectivity index (χ4n) is 1.74. The highest BCUT2D eigenvalue weighted by Crippen LogP contribution is 2.17. The lowest BCUT2D eigenvalue weighted by atomic mass is 10.2. The van der Waals surface area contributed by atoms with Crippen LogP contribution in [0.2, 0.25) is 0 Å². The lowest BCUT2D eigenvalue weighted by Gasteiger charge is -2.29. The van der Waals surface area contributed by atoms with Crippen LogP contribution in [0.25, 0.3) is 0 Å². The minimum absolute atomic E-state index is 0.198. The van der Waals surface area contributed by atoms with Crippen molar-refractivity contribution >= 4 is 12.1 Å². The molecule has 1 aromatic rings. The number of ether oxygens (including phenoxy) is 1. The highest BCUT2D eigenvalue weighted by molar-refractivity contribution is 5.82. The number of pyridine rings is 1. The van der Waals surface area contributed by atoms with Crippen LogP contribution in [0.4, 0.5) is 5.82 Å². The number of methoxy groups -OCH3 is 1. The molecule has 0 bridgehead atoms. The second-order valence-electron chi connectivity index (χ2n) is 3.62. The molecule has 0 amide bonds. The smallest absolute Gasteiger partial charge is 0.153 e. The zero-order valence-electron chi connectivity index (χ0n) is 10.0. The summed E-state index contributed by atoms with van der Waals surface area (Å²) < 4.78 is 5.12. The van der Waals surface area contributed by atoms with Gasteiger partial charge in [0.05, 0.1) is 18.2 Å². The fraction of sp³-hybridized carbons (Fsp3) is 0.500. The van der Waals surface area contributed by atoms with Crippen LogP contribution in [0.3, 0.4) is 0 Å². The van der Waals surface area contributed by atoms with Gasteiger partial charge in [0.1, 0.15) is 5.82 Å². The van der Waals surface area contributed by atoms with Gasteiger partial charge in [-0.3, -0.25) is 4.79 Å². The average molecular weight is 222 g/mol. The molecule has 1 aromatic heterocycles. The molecule has 0 N–H and O–H groups in total. The topological polar surface area (TPSA) is 42.4 Å². The van der Waals surface area contributed by atoms with E-state index >= 15 is 0 Å². The van der Waals surface area contributed by atoms with Crippen molar-refractivity contribution in [3.63, 3.8) is 0 Å². The van der Waals surface area contributed by atoms with Crippen LogP contribution in [0.15, 0.2) is 18.3 Å². The third-order valence-electron chi connectivity index (χ3n) is 2.50. The Balaban J connectivity index is 2.98. The third kappa shape index (κ3) is 2.79. The Morgan fingerprint density at radius 2 is 2.38 bits per heavy atom. The summed E-state index contributed by atoms with van der Waals surface area (Å²) in [6.45, 7) is 5.50. The van der Waals surface area contributed by atoms with E-state index in [1.807, 2.05) is 6.92 Å². The van der Waals surface area contributed by atoms with Crippen LogP contribution in [0.1, 0.15) is 24.2 Å². The summed E-state index contributed by atoms with van der Waals surface area (Å²) in [5, 5.41) is 0. The van der Waals surface area contributed by atoms with Crippen LogP contribution >= 0.6 is 0 Å². The Morgan fingerprint density at radius 3 is 2.94 bits per heavy atom. The molecule has 0 spiro atoms. The van der Waals surface area contributed by atoms with E-state index in [1.165, 1.54) is 0 Å². The molecular weight excluding hydrogens is 204 g/mol. The number of anilines is 1. The van der Waals surface area contributed by atoms with E-state index in [2.05, 4.69) is 16.8 Å². The van der Waals surface area contributed by atoms with Crippen LogP contribution in [0, 0.1) is 0 Å². The highest BCUT2D eigenvalue weighted by atomic mass is 16.5. The highest BCUT2D eigenvalue weighted by Gasteiger charge is 2.16. The lowest BCUT2D eigenvalue weighted by Crippen LogP contribution is -2.37. The number of aldehydes is 1. The Morgan fingerprint density at radius 1 is 1.62 bits per heavy atom. The SMILES string of the molecule is CCN(c1ncccc1C=O)C(C)COC. The van der Waals surface area contributed by atoms with Crippen molar-refractivity contribution in [3.05, 3.63) is 23.9 Å². The van der Waals surface area contributed by atoms with Crippen LogP contribution < -0.4 is 4.90 Å². The molecule has 16 heavy (non-hydrogen) atoms. The lowest BCUT2D eigenvalue weighted by molar-refractivity contribution is 0.112. The first-order valence-corrected chi connectivity index (χ1v) is 5.40. The molecule has 0 saturated heterocycles. The van der Waals surface area contributed by atoms with Crippen molar-refractivity contribution in [1.82, 2.24) is 4.98 Å². The van der Waals surface area contributed by atoms with E-state index in [-0.39, 0.29) is 6.04 Å². The molecule has 0 aliphatic carbocycles. The molecule has 0 aromatic carbocycles. The number of rotatable bonds is 6. The minimum atomic E-state index is 0.198. The van der Waals surface area contributed by atoms with Crippen molar-refractivity contribution in [3.8, 4) is 0 Å². The molecule has 0 fully saturated rings. The van der Waals surface area contributed by atoms with Gasteiger partial charge in [0, 0.05) is 19.9 Å². The van der Waals surface area contributed by atoms with Gasteiger partial charge in [-0.2, -0.15) is 0 Å². The first kappa shape index (κ1) is 12.6. The van der Waals surface area contributed by atoms with Gasteiger partial charge in [0.2, 0.25) is 0 Å². The number of carbonyl (C=O) groups is 1. The maximum atomic E-state index is 10.9. The predicted octanol–water partition coefficient (Wildman–Crippen LogP) is 1.76. The monoisotopic (exact) mass is 222 g/mol. The molecule has 0 aliphatic heterocycles. The number of carbonyl (C=O) groups excluding carboxylic acids is 1. The number of nitrogens with zero attached hydrogens (tertiary/aromatic N) is 2. The summed E-state index contributed by atoms with van der Waals surface area (Å²) in [6, 6.07) is 3.74. The largest absolute Gasteiger partial charge is 0.383 e. The van der Waals surface area contributed by atoms with E-state index in [0.29, 0.717) is 12.2 Å². The van der Waals surface area contributed by atoms with E-state index in [1.54, 1.807) is 25.4 Å². The summed E-state index contributed by atoms with van der Waals surface area (Å²) >= 11 is 0. The number of likely N-dealkylation sites (N-methyl/N-ethyl adjacent to an activating group) is 1. The molecule has 0 aliphatic rings. The van der Waals surface area contributed by atoms with Crippen molar-refractivity contribution in [1.29, 1.82) is 0 Å². The first-order chi connectivity index (χ1) is 7.74. The predicted molar refractivity (Wildman–Crippen MR) is 64.0 cm³/mol. The zero-order valence-corrected chi connectivity index (χ0v) is 10.0. The Bertz CT molecular complexity index is 342. The van der Waals surface area contributed by atoms with Crippen LogP contribution in [-0.4, -0.2) is 37.6 Å². The number of hydrogen-bond donors (Lipinski definition) is 0. The van der Waals surface area contributed by atoms with Crippen molar-refractivity contribution in [2.24, 2.45) is 0 Å². The summed E-state index contributed by atoms with van der Waals surface area (Å²) in [6.07, 6.45) is 2.54. The molecule has 0 radical (unpaired) electrons. The molecule has 4 heteroatoms. The van der Waals surface area contributed by atoms with E-state index < -0.39 is 0 Å². The number of hydrogen-bond acceptors (Lipinski definition) is 4. The minimum Gasteiger partial charge on any atom is -0.383 e. The summed E-state index contributed by atoms with van der Waals surface area (Å²) in [5.41, 5.74) is 0.618. The van der Waals surface area contributed by atoms with Gasteiger partial charge in [-0.1, -0.05) is 0 Å². The molecule has 1 atom stereocenters. The second kappa shape index (κ2) is 6.23. The Hall–Kier alpha value is -1.42. The van der Waals surface area contributed by atoms with Gasteiger partial charge < -0.3 is 9.64 Å².